The van der Waals surface area contributed by atoms with Crippen LogP contribution in [-0.2, 0) is 4.79 Å². The van der Waals surface area contributed by atoms with Gasteiger partial charge in [0.2, 0.25) is 0 Å². The number of fused-ring (bicyclic) bond motifs is 1. The van der Waals surface area contributed by atoms with Gasteiger partial charge in [-0.05, 0) is 49.9 Å². The molecule has 0 amide bonds. The van der Waals surface area contributed by atoms with Gasteiger partial charge in [-0.2, -0.15) is 0 Å². The number of benzene rings is 2. The molecule has 3 rings (SSSR count). The number of aliphatic carboxylic acids is 1. The van der Waals surface area contributed by atoms with E-state index in [1.165, 1.54) is 0 Å². The molecule has 0 spiro atoms. The highest BCUT2D eigenvalue weighted by Crippen LogP contribution is 2.31. The van der Waals surface area contributed by atoms with Crippen LogP contribution in [0.25, 0.3) is 22.3 Å². The van der Waals surface area contributed by atoms with Crippen LogP contribution in [-0.4, -0.2) is 11.1 Å². The van der Waals surface area contributed by atoms with Crippen molar-refractivity contribution in [2.24, 2.45) is 0 Å². The Morgan fingerprint density at radius 1 is 1.18 bits per heavy atom. The Labute approximate surface area is 201 Å². The molecule has 0 radical (unpaired) electrons. The minimum absolute atomic E-state index is 0.0638. The van der Waals surface area contributed by atoms with E-state index in [0.717, 1.165) is 21.2 Å². The SMILES string of the molecule is C=C(C(=O)O)/C(=C\C=C(/C)Br)NC(C)c1cc(C)cc2c(=O)c(C)c(-c3ccccc3)oc12. The van der Waals surface area contributed by atoms with Gasteiger partial charge in [0.1, 0.15) is 11.3 Å². The lowest BCUT2D eigenvalue weighted by Gasteiger charge is -2.20. The summed E-state index contributed by atoms with van der Waals surface area (Å²) >= 11 is 3.35. The molecule has 1 aromatic heterocycles. The van der Waals surface area contributed by atoms with Gasteiger partial charge in [-0.25, -0.2) is 4.79 Å². The summed E-state index contributed by atoms with van der Waals surface area (Å²) in [5.41, 5.74) is 3.71. The number of allylic oxidation sites excluding steroid dienone is 3. The number of carbonyl (C=O) groups is 1. The fraction of sp³-hybridized carbons (Fsp3) is 0.185. The average molecular weight is 508 g/mol. The molecule has 0 saturated heterocycles. The standard InChI is InChI=1S/C27H26BrNO4/c1-15-13-21(19(5)29-23(12-11-16(2)28)17(3)27(31)32)26-22(14-15)24(30)18(4)25(33-26)20-9-7-6-8-10-20/h6-14,19,29H,3H2,1-2,4-5H3,(H,31,32)/b16-11+,23-12+. The first-order valence-corrected chi connectivity index (χ1v) is 11.3. The molecule has 0 fully saturated rings. The lowest BCUT2D eigenvalue weighted by molar-refractivity contribution is -0.132. The van der Waals surface area contributed by atoms with Gasteiger partial charge in [0.05, 0.1) is 17.0 Å². The maximum atomic E-state index is 13.3. The molecule has 1 heterocycles. The zero-order valence-electron chi connectivity index (χ0n) is 19.0. The van der Waals surface area contributed by atoms with Crippen molar-refractivity contribution < 1.29 is 14.3 Å². The van der Waals surface area contributed by atoms with Crippen molar-refractivity contribution in [3.63, 3.8) is 0 Å². The van der Waals surface area contributed by atoms with Crippen LogP contribution >= 0.6 is 15.9 Å². The van der Waals surface area contributed by atoms with Gasteiger partial charge in [0.15, 0.2) is 5.43 Å². The highest BCUT2D eigenvalue weighted by Gasteiger charge is 2.20. The lowest BCUT2D eigenvalue weighted by Crippen LogP contribution is -2.22. The summed E-state index contributed by atoms with van der Waals surface area (Å²) in [5.74, 6) is -0.599. The minimum Gasteiger partial charge on any atom is -0.478 e. The molecule has 3 aromatic rings. The van der Waals surface area contributed by atoms with Crippen LogP contribution in [0.1, 0.15) is 36.6 Å². The molecule has 2 aromatic carbocycles. The van der Waals surface area contributed by atoms with Crippen LogP contribution in [0.4, 0.5) is 0 Å². The van der Waals surface area contributed by atoms with E-state index in [4.69, 9.17) is 4.42 Å². The molecule has 2 N–H and O–H groups in total. The monoisotopic (exact) mass is 507 g/mol. The van der Waals surface area contributed by atoms with Crippen LogP contribution in [0.15, 0.2) is 86.2 Å². The highest BCUT2D eigenvalue weighted by atomic mass is 79.9. The summed E-state index contributed by atoms with van der Waals surface area (Å²) in [7, 11) is 0. The van der Waals surface area contributed by atoms with Crippen molar-refractivity contribution in [3.8, 4) is 11.3 Å². The number of nitrogens with one attached hydrogen (secondary N) is 1. The van der Waals surface area contributed by atoms with E-state index in [2.05, 4.69) is 27.8 Å². The maximum Gasteiger partial charge on any atom is 0.337 e. The molecule has 6 heteroatoms. The second-order valence-electron chi connectivity index (χ2n) is 7.97. The normalized spacial score (nSPS) is 13.1. The van der Waals surface area contributed by atoms with Gasteiger partial charge in [0, 0.05) is 22.4 Å². The number of halogens is 1. The first-order valence-electron chi connectivity index (χ1n) is 10.5. The van der Waals surface area contributed by atoms with Crippen LogP contribution < -0.4 is 10.7 Å². The molecule has 1 atom stereocenters. The van der Waals surface area contributed by atoms with E-state index in [1.807, 2.05) is 63.2 Å². The van der Waals surface area contributed by atoms with Crippen molar-refractivity contribution >= 4 is 32.9 Å². The van der Waals surface area contributed by atoms with Gasteiger partial charge in [-0.15, -0.1) is 0 Å². The summed E-state index contributed by atoms with van der Waals surface area (Å²) in [5, 5.41) is 13.2. The number of hydrogen-bond donors (Lipinski definition) is 2. The minimum atomic E-state index is -1.12. The van der Waals surface area contributed by atoms with E-state index in [9.17, 15) is 14.7 Å². The van der Waals surface area contributed by atoms with Crippen LogP contribution in [0.3, 0.4) is 0 Å². The summed E-state index contributed by atoms with van der Waals surface area (Å²) < 4.78 is 7.17. The van der Waals surface area contributed by atoms with Crippen molar-refractivity contribution in [1.82, 2.24) is 5.32 Å². The van der Waals surface area contributed by atoms with E-state index in [0.29, 0.717) is 28.0 Å². The maximum absolute atomic E-state index is 13.3. The van der Waals surface area contributed by atoms with Crippen molar-refractivity contribution in [1.29, 1.82) is 0 Å². The molecule has 0 saturated carbocycles. The van der Waals surface area contributed by atoms with Gasteiger partial charge in [-0.1, -0.05) is 65.0 Å². The molecule has 33 heavy (non-hydrogen) atoms. The predicted octanol–water partition coefficient (Wildman–Crippen LogP) is 6.55. The first-order chi connectivity index (χ1) is 15.6. The molecular weight excluding hydrogens is 482 g/mol. The summed E-state index contributed by atoms with van der Waals surface area (Å²) in [6.45, 7) is 11.1. The number of carboxylic acids is 1. The van der Waals surface area contributed by atoms with Gasteiger partial charge < -0.3 is 14.8 Å². The van der Waals surface area contributed by atoms with Crippen LogP contribution in [0.2, 0.25) is 0 Å². The Balaban J connectivity index is 2.19. The third-order valence-corrected chi connectivity index (χ3v) is 5.59. The summed E-state index contributed by atoms with van der Waals surface area (Å²) in [6, 6.07) is 12.9. The molecule has 0 aliphatic carbocycles. The average Bonchev–Trinajstić information content (AvgIpc) is 2.78. The van der Waals surface area contributed by atoms with Gasteiger partial charge in [-0.3, -0.25) is 4.79 Å². The Bertz CT molecular complexity index is 1350. The topological polar surface area (TPSA) is 79.5 Å². The van der Waals surface area contributed by atoms with Crippen molar-refractivity contribution in [2.75, 3.05) is 0 Å². The molecule has 5 nitrogen and oxygen atoms in total. The van der Waals surface area contributed by atoms with Crippen LogP contribution in [0, 0.1) is 13.8 Å². The second-order valence-corrected chi connectivity index (χ2v) is 9.22. The van der Waals surface area contributed by atoms with Gasteiger partial charge >= 0.3 is 5.97 Å². The fourth-order valence-electron chi connectivity index (χ4n) is 3.61. The predicted molar refractivity (Wildman–Crippen MR) is 136 cm³/mol. The number of rotatable bonds is 7. The van der Waals surface area contributed by atoms with Crippen molar-refractivity contribution in [3.05, 3.63) is 104 Å². The second kappa shape index (κ2) is 10.0. The third-order valence-electron chi connectivity index (χ3n) is 5.33. The summed E-state index contributed by atoms with van der Waals surface area (Å²) in [4.78, 5) is 24.8. The third kappa shape index (κ3) is 5.34. The molecule has 0 aliphatic heterocycles. The number of hydrogen-bond acceptors (Lipinski definition) is 4. The van der Waals surface area contributed by atoms with E-state index in [-0.39, 0.29) is 17.0 Å². The molecule has 0 aliphatic rings. The Morgan fingerprint density at radius 2 is 1.85 bits per heavy atom. The molecule has 170 valence electrons. The largest absolute Gasteiger partial charge is 0.478 e. The number of carboxylic acid groups (broad SMARTS) is 1. The smallest absolute Gasteiger partial charge is 0.337 e. The van der Waals surface area contributed by atoms with E-state index >= 15 is 0 Å². The van der Waals surface area contributed by atoms with Crippen LogP contribution in [0.5, 0.6) is 0 Å². The van der Waals surface area contributed by atoms with E-state index < -0.39 is 5.97 Å². The highest BCUT2D eigenvalue weighted by molar-refractivity contribution is 9.11. The van der Waals surface area contributed by atoms with E-state index in [1.54, 1.807) is 19.1 Å². The fourth-order valence-corrected chi connectivity index (χ4v) is 3.75. The zero-order chi connectivity index (χ0) is 24.3. The number of aryl methyl sites for hydroxylation is 1. The Kier molecular flexibility index (Phi) is 7.39. The molecular formula is C27H26BrNO4. The van der Waals surface area contributed by atoms with Crippen molar-refractivity contribution in [2.45, 2.75) is 33.7 Å². The first kappa shape index (κ1) is 24.3. The lowest BCUT2D eigenvalue weighted by atomic mass is 9.98. The van der Waals surface area contributed by atoms with Gasteiger partial charge in [0.25, 0.3) is 0 Å². The molecule has 1 unspecified atom stereocenters. The quantitative estimate of drug-likeness (QED) is 0.280. The zero-order valence-corrected chi connectivity index (χ0v) is 20.6. The molecule has 0 bridgehead atoms. The summed E-state index contributed by atoms with van der Waals surface area (Å²) in [6.07, 6.45) is 3.40. The Morgan fingerprint density at radius 3 is 2.45 bits per heavy atom. The Hall–Kier alpha value is -3.38.